The Morgan fingerprint density at radius 2 is 2.20 bits per heavy atom. The van der Waals surface area contributed by atoms with Crippen molar-refractivity contribution in [2.75, 3.05) is 13.1 Å². The summed E-state index contributed by atoms with van der Waals surface area (Å²) in [5.41, 5.74) is 2.53. The molecule has 1 aliphatic heterocycles. The highest BCUT2D eigenvalue weighted by Crippen LogP contribution is 2.23. The van der Waals surface area contributed by atoms with Crippen molar-refractivity contribution < 1.29 is 4.79 Å². The highest BCUT2D eigenvalue weighted by atomic mass is 16.2. The second kappa shape index (κ2) is 6.46. The number of imidazole rings is 1. The van der Waals surface area contributed by atoms with Gasteiger partial charge in [0.05, 0.1) is 18.1 Å². The third kappa shape index (κ3) is 3.02. The maximum Gasteiger partial charge on any atom is 0.253 e. The van der Waals surface area contributed by atoms with Crippen LogP contribution in [0.4, 0.5) is 0 Å². The molecule has 25 heavy (non-hydrogen) atoms. The first-order valence-corrected chi connectivity index (χ1v) is 8.33. The van der Waals surface area contributed by atoms with E-state index in [0.717, 1.165) is 30.6 Å². The average Bonchev–Trinajstić information content (AvgIpc) is 3.35. The quantitative estimate of drug-likeness (QED) is 0.726. The molecule has 2 aromatic heterocycles. The Morgan fingerprint density at radius 1 is 1.28 bits per heavy atom. The normalized spacial score (nSPS) is 17.6. The lowest BCUT2D eigenvalue weighted by molar-refractivity contribution is 0.0679. The zero-order valence-electron chi connectivity index (χ0n) is 14.0. The number of piperidine rings is 1. The lowest BCUT2D eigenvalue weighted by Gasteiger charge is -2.33. The van der Waals surface area contributed by atoms with Gasteiger partial charge in [-0.05, 0) is 54.0 Å². The van der Waals surface area contributed by atoms with E-state index in [1.165, 1.54) is 0 Å². The van der Waals surface area contributed by atoms with Crippen molar-refractivity contribution in [3.8, 4) is 5.69 Å². The van der Waals surface area contributed by atoms with Gasteiger partial charge in [-0.25, -0.2) is 9.67 Å². The molecule has 1 amide bonds. The van der Waals surface area contributed by atoms with Crippen molar-refractivity contribution in [2.45, 2.75) is 25.8 Å². The van der Waals surface area contributed by atoms with Crippen molar-refractivity contribution in [2.24, 2.45) is 0 Å². The molecule has 1 unspecified atom stereocenters. The fourth-order valence-corrected chi connectivity index (χ4v) is 3.37. The Labute approximate surface area is 145 Å². The monoisotopic (exact) mass is 337 g/mol. The van der Waals surface area contributed by atoms with Gasteiger partial charge in [-0.2, -0.15) is 0 Å². The number of amides is 1. The minimum atomic E-state index is 0.0659. The fraction of sp³-hybridized carbons (Fsp3) is 0.353. The molecule has 1 aromatic carbocycles. The highest BCUT2D eigenvalue weighted by Gasteiger charge is 2.25. The Morgan fingerprint density at radius 3 is 2.92 bits per heavy atom. The number of likely N-dealkylation sites (tertiary alicyclic amines) is 1. The van der Waals surface area contributed by atoms with E-state index >= 15 is 0 Å². The molecule has 8 heteroatoms. The van der Waals surface area contributed by atoms with E-state index in [2.05, 4.69) is 25.1 Å². The van der Waals surface area contributed by atoms with Crippen molar-refractivity contribution in [3.63, 3.8) is 0 Å². The summed E-state index contributed by atoms with van der Waals surface area (Å²) in [6, 6.07) is 5.92. The largest absolute Gasteiger partial charge is 0.337 e. The molecular formula is C17H19N7O. The summed E-state index contributed by atoms with van der Waals surface area (Å²) in [6.07, 6.45) is 9.17. The maximum absolute atomic E-state index is 12.9. The Hall–Kier alpha value is -3.03. The Bertz CT molecular complexity index is 857. The van der Waals surface area contributed by atoms with Gasteiger partial charge >= 0.3 is 0 Å². The molecule has 0 saturated carbocycles. The number of nitrogens with zero attached hydrogens (tertiary/aromatic N) is 7. The molecular weight excluding hydrogens is 318 g/mol. The number of carbonyl (C=O) groups is 1. The Kier molecular flexibility index (Phi) is 4.01. The molecule has 4 rings (SSSR count). The highest BCUT2D eigenvalue weighted by molar-refractivity contribution is 5.94. The van der Waals surface area contributed by atoms with Gasteiger partial charge in [0.25, 0.3) is 5.91 Å². The van der Waals surface area contributed by atoms with E-state index in [1.54, 1.807) is 17.2 Å². The van der Waals surface area contributed by atoms with Gasteiger partial charge in [0.1, 0.15) is 6.33 Å². The van der Waals surface area contributed by atoms with Crippen molar-refractivity contribution in [1.29, 1.82) is 0 Å². The third-order valence-electron chi connectivity index (χ3n) is 4.67. The molecule has 1 saturated heterocycles. The van der Waals surface area contributed by atoms with Crippen LogP contribution in [0.15, 0.2) is 43.2 Å². The first-order valence-electron chi connectivity index (χ1n) is 8.33. The first kappa shape index (κ1) is 15.5. The van der Waals surface area contributed by atoms with E-state index in [0.29, 0.717) is 18.2 Å². The molecule has 1 aliphatic rings. The van der Waals surface area contributed by atoms with Crippen LogP contribution in [0.5, 0.6) is 0 Å². The molecule has 8 nitrogen and oxygen atoms in total. The summed E-state index contributed by atoms with van der Waals surface area (Å²) < 4.78 is 3.69. The summed E-state index contributed by atoms with van der Waals surface area (Å²) in [4.78, 5) is 19.0. The van der Waals surface area contributed by atoms with Crippen molar-refractivity contribution >= 4 is 5.91 Å². The second-order valence-corrected chi connectivity index (χ2v) is 6.31. The summed E-state index contributed by atoms with van der Waals surface area (Å²) in [6.45, 7) is 3.46. The second-order valence-electron chi connectivity index (χ2n) is 6.31. The van der Waals surface area contributed by atoms with Gasteiger partial charge in [0.15, 0.2) is 0 Å². The minimum Gasteiger partial charge on any atom is -0.337 e. The summed E-state index contributed by atoms with van der Waals surface area (Å²) in [5, 5.41) is 11.2. The number of hydrogen-bond acceptors (Lipinski definition) is 5. The van der Waals surface area contributed by atoms with Crippen LogP contribution in [0.1, 0.15) is 34.8 Å². The molecule has 0 bridgehead atoms. The van der Waals surface area contributed by atoms with Gasteiger partial charge < -0.3 is 9.47 Å². The standard InChI is InChI=1S/C17H19N7O/c1-13-9-14(4-5-16(13)24-12-19-20-21-24)17(25)22-7-2-3-15(10-22)23-8-6-18-11-23/h4-6,8-9,11-12,15H,2-3,7,10H2,1H3. The molecule has 1 fully saturated rings. The summed E-state index contributed by atoms with van der Waals surface area (Å²) in [7, 11) is 0. The topological polar surface area (TPSA) is 81.7 Å². The van der Waals surface area contributed by atoms with E-state index in [9.17, 15) is 4.79 Å². The molecule has 0 spiro atoms. The zero-order valence-corrected chi connectivity index (χ0v) is 14.0. The SMILES string of the molecule is Cc1cc(C(=O)N2CCCC(n3ccnc3)C2)ccc1-n1cnnn1. The summed E-state index contributed by atoms with van der Waals surface area (Å²) >= 11 is 0. The molecule has 1 atom stereocenters. The number of aryl methyl sites for hydroxylation is 1. The zero-order chi connectivity index (χ0) is 17.2. The first-order chi connectivity index (χ1) is 12.2. The van der Waals surface area contributed by atoms with E-state index in [4.69, 9.17) is 0 Å². The van der Waals surface area contributed by atoms with E-state index in [1.807, 2.05) is 42.5 Å². The molecule has 0 aliphatic carbocycles. The number of tetrazole rings is 1. The predicted octanol–water partition coefficient (Wildman–Crippen LogP) is 1.64. The third-order valence-corrected chi connectivity index (χ3v) is 4.67. The van der Waals surface area contributed by atoms with Crippen LogP contribution >= 0.6 is 0 Å². The van der Waals surface area contributed by atoms with Crippen molar-refractivity contribution in [3.05, 3.63) is 54.4 Å². The molecule has 3 heterocycles. The molecule has 3 aromatic rings. The maximum atomic E-state index is 12.9. The van der Waals surface area contributed by atoms with Crippen LogP contribution in [-0.4, -0.2) is 53.7 Å². The van der Waals surface area contributed by atoms with Crippen LogP contribution in [0.25, 0.3) is 5.69 Å². The number of carbonyl (C=O) groups excluding carboxylic acids is 1. The van der Waals surface area contributed by atoms with E-state index < -0.39 is 0 Å². The van der Waals surface area contributed by atoms with E-state index in [-0.39, 0.29) is 5.91 Å². The lowest BCUT2D eigenvalue weighted by atomic mass is 10.0. The minimum absolute atomic E-state index is 0.0659. The Balaban J connectivity index is 1.53. The molecule has 0 radical (unpaired) electrons. The van der Waals surface area contributed by atoms with Gasteiger partial charge in [-0.15, -0.1) is 5.10 Å². The predicted molar refractivity (Wildman–Crippen MR) is 90.3 cm³/mol. The van der Waals surface area contributed by atoms with Crippen LogP contribution in [0.3, 0.4) is 0 Å². The summed E-state index contributed by atoms with van der Waals surface area (Å²) in [5.74, 6) is 0.0659. The van der Waals surface area contributed by atoms with Gasteiger partial charge in [-0.1, -0.05) is 0 Å². The van der Waals surface area contributed by atoms with Crippen LogP contribution in [0, 0.1) is 6.92 Å². The smallest absolute Gasteiger partial charge is 0.253 e. The number of rotatable bonds is 3. The van der Waals surface area contributed by atoms with Gasteiger partial charge in [0.2, 0.25) is 0 Å². The molecule has 0 N–H and O–H groups in total. The average molecular weight is 337 g/mol. The van der Waals surface area contributed by atoms with Crippen LogP contribution < -0.4 is 0 Å². The lowest BCUT2D eigenvalue weighted by Crippen LogP contribution is -2.40. The van der Waals surface area contributed by atoms with Gasteiger partial charge in [-0.3, -0.25) is 4.79 Å². The number of hydrogen-bond donors (Lipinski definition) is 0. The van der Waals surface area contributed by atoms with Crippen molar-refractivity contribution in [1.82, 2.24) is 34.7 Å². The van der Waals surface area contributed by atoms with Gasteiger partial charge in [0, 0.05) is 31.0 Å². The van der Waals surface area contributed by atoms with Crippen LogP contribution in [-0.2, 0) is 0 Å². The number of benzene rings is 1. The number of aromatic nitrogens is 6. The molecule has 128 valence electrons. The fourth-order valence-electron chi connectivity index (χ4n) is 3.37. The van der Waals surface area contributed by atoms with Crippen LogP contribution in [0.2, 0.25) is 0 Å².